The molecule has 0 aromatic heterocycles. The van der Waals surface area contributed by atoms with Crippen LogP contribution >= 0.6 is 0 Å². The maximum absolute atomic E-state index is 13.5. The van der Waals surface area contributed by atoms with Crippen LogP contribution in [0, 0.1) is 5.92 Å². The lowest BCUT2D eigenvalue weighted by Crippen LogP contribution is -2.60. The molecule has 0 bridgehead atoms. The van der Waals surface area contributed by atoms with Crippen molar-refractivity contribution in [2.75, 3.05) is 16.8 Å². The summed E-state index contributed by atoms with van der Waals surface area (Å²) >= 11 is 0. The topological polar surface area (TPSA) is 180 Å². The Labute approximate surface area is 219 Å². The van der Waals surface area contributed by atoms with Gasteiger partial charge in [0.15, 0.2) is 18.0 Å². The Hall–Kier alpha value is -3.16. The number of nitrogens with one attached hydrogen (secondary N) is 1. The Morgan fingerprint density at radius 3 is 2.45 bits per heavy atom. The smallest absolute Gasteiger partial charge is 0.264 e. The highest BCUT2D eigenvalue weighted by molar-refractivity contribution is 6.07. The molecule has 7 atom stereocenters. The van der Waals surface area contributed by atoms with Gasteiger partial charge in [-0.1, -0.05) is 49.4 Å². The van der Waals surface area contributed by atoms with Crippen LogP contribution in [0.15, 0.2) is 60.7 Å². The monoisotopic (exact) mass is 528 g/mol. The normalized spacial score (nSPS) is 29.9. The van der Waals surface area contributed by atoms with Gasteiger partial charge in [0.05, 0.1) is 12.2 Å². The average Bonchev–Trinajstić information content (AvgIpc) is 3.13. The summed E-state index contributed by atoms with van der Waals surface area (Å²) in [5.74, 6) is -1.84. The first-order valence-electron chi connectivity index (χ1n) is 12.3. The number of para-hydroxylation sites is 1. The minimum Gasteiger partial charge on any atom is -0.396 e. The lowest BCUT2D eigenvalue weighted by molar-refractivity contribution is -0.274. The highest BCUT2D eigenvalue weighted by Gasteiger charge is 2.52. The molecule has 2 aromatic rings. The molecule has 4 rings (SSSR count). The van der Waals surface area contributed by atoms with Crippen molar-refractivity contribution < 1.29 is 45.0 Å². The molecular weight excluding hydrogens is 496 g/mol. The summed E-state index contributed by atoms with van der Waals surface area (Å²) in [6, 6.07) is 13.5. The summed E-state index contributed by atoms with van der Waals surface area (Å²) < 4.78 is 4.94. The Morgan fingerprint density at radius 1 is 1.08 bits per heavy atom. The standard InChI is InChI=1S/C27H32N2O9/c1-15(6-4-5-13-30)27(37)18-7-2-3-8-19(18)29(26(27)36)14-16-9-11-17(12-10-16)28-24(34)23-21(32)20(31)22(33)25(35)38-23/h2-4,6-12,15,20-23,25,30-33,35,37H,5,13-14H2,1H3,(H,28,34)/b6-4+/t15-,20-,21-,22+,23-,25+,27+/m0/s1. The van der Waals surface area contributed by atoms with Gasteiger partial charge in [-0.3, -0.25) is 9.59 Å². The number of fused-ring (bicyclic) bond motifs is 1. The van der Waals surface area contributed by atoms with Gasteiger partial charge in [-0.05, 0) is 30.2 Å². The molecule has 0 aliphatic carbocycles. The third-order valence-corrected chi connectivity index (χ3v) is 6.96. The molecule has 7 N–H and O–H groups in total. The maximum atomic E-state index is 13.5. The molecule has 1 saturated heterocycles. The van der Waals surface area contributed by atoms with E-state index < -0.39 is 54.0 Å². The van der Waals surface area contributed by atoms with Crippen LogP contribution in [0.2, 0.25) is 0 Å². The summed E-state index contributed by atoms with van der Waals surface area (Å²) in [5.41, 5.74) is 0.358. The fourth-order valence-electron chi connectivity index (χ4n) is 4.74. The Bertz CT molecular complexity index is 1190. The Morgan fingerprint density at radius 2 is 1.76 bits per heavy atom. The van der Waals surface area contributed by atoms with Crippen LogP contribution in [-0.4, -0.2) is 79.8 Å². The van der Waals surface area contributed by atoms with Crippen LogP contribution < -0.4 is 10.2 Å². The van der Waals surface area contributed by atoms with Gasteiger partial charge >= 0.3 is 0 Å². The molecule has 11 heteroatoms. The molecule has 38 heavy (non-hydrogen) atoms. The first-order chi connectivity index (χ1) is 18.1. The predicted octanol–water partition coefficient (Wildman–Crippen LogP) is -0.266. The van der Waals surface area contributed by atoms with E-state index in [2.05, 4.69) is 5.32 Å². The molecule has 0 radical (unpaired) electrons. The number of rotatable bonds is 8. The van der Waals surface area contributed by atoms with Crippen LogP contribution in [0.1, 0.15) is 24.5 Å². The summed E-state index contributed by atoms with van der Waals surface area (Å²) in [6.07, 6.45) is -4.82. The Balaban J connectivity index is 1.48. The number of nitrogens with zero attached hydrogens (tertiary/aromatic N) is 1. The van der Waals surface area contributed by atoms with E-state index >= 15 is 0 Å². The van der Waals surface area contributed by atoms with E-state index in [0.717, 1.165) is 0 Å². The molecule has 2 aromatic carbocycles. The van der Waals surface area contributed by atoms with Crippen molar-refractivity contribution in [1.82, 2.24) is 0 Å². The summed E-state index contributed by atoms with van der Waals surface area (Å²) in [7, 11) is 0. The van der Waals surface area contributed by atoms with E-state index in [1.807, 2.05) is 0 Å². The number of benzene rings is 2. The number of hydrogen-bond acceptors (Lipinski definition) is 9. The first kappa shape index (κ1) is 27.9. The fraction of sp³-hybridized carbons (Fsp3) is 0.407. The molecule has 1 fully saturated rings. The van der Waals surface area contributed by atoms with Gasteiger partial charge in [-0.25, -0.2) is 0 Å². The number of aliphatic hydroxyl groups excluding tert-OH is 5. The second kappa shape index (κ2) is 11.3. The second-order valence-corrected chi connectivity index (χ2v) is 9.51. The molecule has 2 aliphatic rings. The fourth-order valence-corrected chi connectivity index (χ4v) is 4.74. The van der Waals surface area contributed by atoms with E-state index in [-0.39, 0.29) is 13.2 Å². The van der Waals surface area contributed by atoms with Crippen LogP contribution in [0.5, 0.6) is 0 Å². The van der Waals surface area contributed by atoms with Crippen molar-refractivity contribution in [3.8, 4) is 0 Å². The van der Waals surface area contributed by atoms with Gasteiger partial charge in [0.2, 0.25) is 0 Å². The zero-order valence-electron chi connectivity index (χ0n) is 20.7. The zero-order valence-corrected chi connectivity index (χ0v) is 20.7. The van der Waals surface area contributed by atoms with Gasteiger partial charge in [0.1, 0.15) is 18.3 Å². The summed E-state index contributed by atoms with van der Waals surface area (Å²) in [4.78, 5) is 27.5. The lowest BCUT2D eigenvalue weighted by Gasteiger charge is -2.37. The average molecular weight is 529 g/mol. The Kier molecular flexibility index (Phi) is 8.28. The largest absolute Gasteiger partial charge is 0.396 e. The number of ether oxygens (including phenoxy) is 1. The van der Waals surface area contributed by atoms with E-state index in [9.17, 15) is 35.1 Å². The zero-order chi connectivity index (χ0) is 27.6. The number of carbonyl (C=O) groups is 2. The number of carbonyl (C=O) groups excluding carboxylic acids is 2. The quantitative estimate of drug-likeness (QED) is 0.227. The minimum absolute atomic E-state index is 0.0317. The van der Waals surface area contributed by atoms with Gasteiger partial charge in [0.25, 0.3) is 11.8 Å². The van der Waals surface area contributed by atoms with Gasteiger partial charge in [-0.2, -0.15) is 0 Å². The van der Waals surface area contributed by atoms with E-state index in [4.69, 9.17) is 9.84 Å². The summed E-state index contributed by atoms with van der Waals surface area (Å²) in [5, 5.41) is 62.2. The minimum atomic E-state index is -1.83. The summed E-state index contributed by atoms with van der Waals surface area (Å²) in [6.45, 7) is 1.87. The van der Waals surface area contributed by atoms with Crippen molar-refractivity contribution in [3.05, 3.63) is 71.8 Å². The van der Waals surface area contributed by atoms with E-state index in [1.165, 1.54) is 4.90 Å². The molecule has 2 amide bonds. The molecule has 204 valence electrons. The van der Waals surface area contributed by atoms with E-state index in [1.54, 1.807) is 67.6 Å². The van der Waals surface area contributed by atoms with Crippen molar-refractivity contribution in [3.63, 3.8) is 0 Å². The number of amides is 2. The van der Waals surface area contributed by atoms with Gasteiger partial charge in [-0.15, -0.1) is 0 Å². The predicted molar refractivity (Wildman–Crippen MR) is 136 cm³/mol. The van der Waals surface area contributed by atoms with Crippen LogP contribution in [0.3, 0.4) is 0 Å². The van der Waals surface area contributed by atoms with Crippen LogP contribution in [0.25, 0.3) is 0 Å². The first-order valence-corrected chi connectivity index (χ1v) is 12.3. The third-order valence-electron chi connectivity index (χ3n) is 6.96. The third kappa shape index (κ3) is 5.09. The van der Waals surface area contributed by atoms with Crippen molar-refractivity contribution in [2.24, 2.45) is 5.92 Å². The molecule has 11 nitrogen and oxygen atoms in total. The van der Waals surface area contributed by atoms with E-state index in [0.29, 0.717) is 28.9 Å². The van der Waals surface area contributed by atoms with Crippen LogP contribution in [0.4, 0.5) is 11.4 Å². The SMILES string of the molecule is C[C@@H](/C=C/CCO)[C@]1(O)C(=O)N(Cc2ccc(NC(=O)[C@H]3O[C@@H](O)[C@H](O)[C@@H](O)[C@@H]3O)cc2)c2ccccc21. The van der Waals surface area contributed by atoms with Crippen LogP contribution in [-0.2, 0) is 26.5 Å². The number of aliphatic hydroxyl groups is 6. The molecule has 2 aliphatic heterocycles. The number of anilines is 2. The van der Waals surface area contributed by atoms with Crippen molar-refractivity contribution in [2.45, 2.75) is 56.2 Å². The highest BCUT2D eigenvalue weighted by Crippen LogP contribution is 2.45. The highest BCUT2D eigenvalue weighted by atomic mass is 16.6. The lowest BCUT2D eigenvalue weighted by atomic mass is 9.83. The van der Waals surface area contributed by atoms with Crippen molar-refractivity contribution in [1.29, 1.82) is 0 Å². The number of hydrogen-bond donors (Lipinski definition) is 7. The molecule has 0 saturated carbocycles. The molecule has 2 heterocycles. The van der Waals surface area contributed by atoms with Gasteiger partial charge in [0, 0.05) is 23.8 Å². The van der Waals surface area contributed by atoms with Gasteiger partial charge < -0.3 is 45.6 Å². The maximum Gasteiger partial charge on any atom is 0.264 e. The molecule has 0 unspecified atom stereocenters. The molecular formula is C27H32N2O9. The second-order valence-electron chi connectivity index (χ2n) is 9.51. The molecule has 0 spiro atoms. The van der Waals surface area contributed by atoms with Crippen molar-refractivity contribution >= 4 is 23.2 Å².